The van der Waals surface area contributed by atoms with Crippen LogP contribution in [0.25, 0.3) is 0 Å². The monoisotopic (exact) mass is 462 g/mol. The summed E-state index contributed by atoms with van der Waals surface area (Å²) in [4.78, 5) is 16.7. The Hall–Kier alpha value is -3.15. The Morgan fingerprint density at radius 3 is 2.52 bits per heavy atom. The molecule has 0 atom stereocenters. The number of primary sulfonamides is 1. The molecule has 0 radical (unpaired) electrons. The first kappa shape index (κ1) is 22.5. The van der Waals surface area contributed by atoms with Gasteiger partial charge in [0.05, 0.1) is 36.9 Å². The first-order valence-electron chi connectivity index (χ1n) is 9.10. The highest BCUT2D eigenvalue weighted by Gasteiger charge is 2.11. The van der Waals surface area contributed by atoms with E-state index in [1.807, 2.05) is 0 Å². The lowest BCUT2D eigenvalue weighted by atomic mass is 10.2. The molecule has 0 spiro atoms. The smallest absolute Gasteiger partial charge is 0.238 e. The third kappa shape index (κ3) is 6.17. The molecule has 0 unspecified atom stereocenters. The van der Waals surface area contributed by atoms with Crippen molar-refractivity contribution in [2.75, 3.05) is 19.5 Å². The van der Waals surface area contributed by atoms with E-state index in [0.29, 0.717) is 28.0 Å². The van der Waals surface area contributed by atoms with Crippen molar-refractivity contribution in [3.63, 3.8) is 0 Å². The Labute approximate surface area is 184 Å². The fourth-order valence-electron chi connectivity index (χ4n) is 2.70. The molecule has 0 fully saturated rings. The minimum absolute atomic E-state index is 0.0257. The molecule has 1 heterocycles. The number of hydrogen-bond donors (Lipinski definition) is 3. The number of thiazole rings is 1. The Morgan fingerprint density at radius 1 is 1.13 bits per heavy atom. The standard InChI is InChI=1S/C20H22N4O5S2/c1-28-15-5-8-18(29-2)17(10-15)24-20-23-14(12-30-20)9-19(25)22-11-13-3-6-16(7-4-13)31(21,26)27/h3-8,10,12H,9,11H2,1-2H3,(H,22,25)(H,23,24)(H2,21,26,27). The lowest BCUT2D eigenvalue weighted by Gasteiger charge is -2.10. The molecule has 0 aliphatic rings. The van der Waals surface area contributed by atoms with Crippen LogP contribution in [-0.2, 0) is 27.8 Å². The summed E-state index contributed by atoms with van der Waals surface area (Å²) in [6, 6.07) is 11.4. The minimum atomic E-state index is -3.74. The van der Waals surface area contributed by atoms with Gasteiger partial charge in [0, 0.05) is 18.0 Å². The zero-order chi connectivity index (χ0) is 22.4. The topological polar surface area (TPSA) is 133 Å². The van der Waals surface area contributed by atoms with Crippen molar-refractivity contribution < 1.29 is 22.7 Å². The number of carbonyl (C=O) groups excluding carboxylic acids is 1. The van der Waals surface area contributed by atoms with Gasteiger partial charge in [-0.25, -0.2) is 18.5 Å². The van der Waals surface area contributed by atoms with Crippen LogP contribution in [0.3, 0.4) is 0 Å². The van der Waals surface area contributed by atoms with E-state index in [4.69, 9.17) is 14.6 Å². The van der Waals surface area contributed by atoms with Gasteiger partial charge >= 0.3 is 0 Å². The molecule has 0 aliphatic carbocycles. The third-order valence-corrected chi connectivity index (χ3v) is 6.02. The highest BCUT2D eigenvalue weighted by atomic mass is 32.2. The molecule has 0 aliphatic heterocycles. The maximum Gasteiger partial charge on any atom is 0.238 e. The first-order chi connectivity index (χ1) is 14.8. The fraction of sp³-hybridized carbons (Fsp3) is 0.200. The summed E-state index contributed by atoms with van der Waals surface area (Å²) in [6.45, 7) is 0.264. The van der Waals surface area contributed by atoms with Crippen LogP contribution in [0.5, 0.6) is 11.5 Å². The van der Waals surface area contributed by atoms with Crippen LogP contribution >= 0.6 is 11.3 Å². The number of nitrogens with zero attached hydrogens (tertiary/aromatic N) is 1. The minimum Gasteiger partial charge on any atom is -0.497 e. The van der Waals surface area contributed by atoms with Crippen molar-refractivity contribution in [3.05, 3.63) is 59.1 Å². The number of amides is 1. The van der Waals surface area contributed by atoms with Gasteiger partial charge < -0.3 is 20.1 Å². The van der Waals surface area contributed by atoms with E-state index in [1.165, 1.54) is 23.5 Å². The Balaban J connectivity index is 1.56. The van der Waals surface area contributed by atoms with Crippen LogP contribution in [-0.4, -0.2) is 33.5 Å². The molecule has 31 heavy (non-hydrogen) atoms. The van der Waals surface area contributed by atoms with Gasteiger partial charge in [0.2, 0.25) is 15.9 Å². The summed E-state index contributed by atoms with van der Waals surface area (Å²) in [5.41, 5.74) is 2.08. The number of sulfonamides is 1. The lowest BCUT2D eigenvalue weighted by molar-refractivity contribution is -0.120. The number of ether oxygens (including phenoxy) is 2. The molecule has 3 aromatic rings. The van der Waals surface area contributed by atoms with Crippen LogP contribution in [0.1, 0.15) is 11.3 Å². The number of hydrogen-bond acceptors (Lipinski definition) is 8. The second kappa shape index (κ2) is 9.77. The molecule has 164 valence electrons. The molecule has 1 aromatic heterocycles. The first-order valence-corrected chi connectivity index (χ1v) is 11.5. The van der Waals surface area contributed by atoms with Gasteiger partial charge in [0.25, 0.3) is 0 Å². The van der Waals surface area contributed by atoms with E-state index < -0.39 is 10.0 Å². The largest absolute Gasteiger partial charge is 0.497 e. The molecular formula is C20H22N4O5S2. The molecule has 0 bridgehead atoms. The van der Waals surface area contributed by atoms with Crippen LogP contribution in [0.2, 0.25) is 0 Å². The molecule has 3 rings (SSSR count). The molecule has 9 nitrogen and oxygen atoms in total. The highest BCUT2D eigenvalue weighted by molar-refractivity contribution is 7.89. The molecule has 4 N–H and O–H groups in total. The van der Waals surface area contributed by atoms with E-state index in [2.05, 4.69) is 15.6 Å². The number of aromatic nitrogens is 1. The van der Waals surface area contributed by atoms with Crippen molar-refractivity contribution in [2.45, 2.75) is 17.9 Å². The highest BCUT2D eigenvalue weighted by Crippen LogP contribution is 2.32. The van der Waals surface area contributed by atoms with Gasteiger partial charge in [0.1, 0.15) is 11.5 Å². The third-order valence-electron chi connectivity index (χ3n) is 4.28. The summed E-state index contributed by atoms with van der Waals surface area (Å²) < 4.78 is 33.1. The number of anilines is 2. The number of methoxy groups -OCH3 is 2. The van der Waals surface area contributed by atoms with Crippen molar-refractivity contribution in [1.82, 2.24) is 10.3 Å². The van der Waals surface area contributed by atoms with Gasteiger partial charge in [-0.15, -0.1) is 11.3 Å². The van der Waals surface area contributed by atoms with E-state index in [1.54, 1.807) is 49.9 Å². The Kier molecular flexibility index (Phi) is 7.10. The van der Waals surface area contributed by atoms with E-state index in [-0.39, 0.29) is 23.8 Å². The molecule has 1 amide bonds. The van der Waals surface area contributed by atoms with Crippen molar-refractivity contribution in [1.29, 1.82) is 0 Å². The number of nitrogens with one attached hydrogen (secondary N) is 2. The van der Waals surface area contributed by atoms with Gasteiger partial charge in [-0.05, 0) is 29.8 Å². The quantitative estimate of drug-likeness (QED) is 0.445. The maximum atomic E-state index is 12.2. The van der Waals surface area contributed by atoms with Crippen LogP contribution in [0.15, 0.2) is 52.7 Å². The van der Waals surface area contributed by atoms with E-state index >= 15 is 0 Å². The summed E-state index contributed by atoms with van der Waals surface area (Å²) >= 11 is 1.37. The van der Waals surface area contributed by atoms with Gasteiger partial charge in [-0.1, -0.05) is 12.1 Å². The summed E-state index contributed by atoms with van der Waals surface area (Å²) in [5, 5.41) is 13.5. The van der Waals surface area contributed by atoms with Gasteiger partial charge in [-0.2, -0.15) is 0 Å². The zero-order valence-corrected chi connectivity index (χ0v) is 18.5. The van der Waals surface area contributed by atoms with Crippen molar-refractivity contribution >= 4 is 38.1 Å². The fourth-order valence-corrected chi connectivity index (χ4v) is 3.94. The molecule has 11 heteroatoms. The van der Waals surface area contributed by atoms with Gasteiger partial charge in [-0.3, -0.25) is 4.79 Å². The number of nitrogens with two attached hydrogens (primary N) is 1. The number of rotatable bonds is 9. The average molecular weight is 463 g/mol. The normalized spacial score (nSPS) is 11.1. The summed E-state index contributed by atoms with van der Waals surface area (Å²) in [5.74, 6) is 1.12. The Bertz CT molecular complexity index is 1160. The van der Waals surface area contributed by atoms with Crippen molar-refractivity contribution in [2.24, 2.45) is 5.14 Å². The lowest BCUT2D eigenvalue weighted by Crippen LogP contribution is -2.24. The molecular weight excluding hydrogens is 440 g/mol. The average Bonchev–Trinajstić information content (AvgIpc) is 3.18. The summed E-state index contributed by atoms with van der Waals surface area (Å²) in [6.07, 6.45) is 0.114. The molecule has 2 aromatic carbocycles. The number of benzene rings is 2. The van der Waals surface area contributed by atoms with Crippen LogP contribution in [0.4, 0.5) is 10.8 Å². The number of carbonyl (C=O) groups is 1. The van der Waals surface area contributed by atoms with Crippen molar-refractivity contribution in [3.8, 4) is 11.5 Å². The predicted molar refractivity (Wildman–Crippen MR) is 118 cm³/mol. The zero-order valence-electron chi connectivity index (χ0n) is 16.9. The maximum absolute atomic E-state index is 12.2. The molecule has 0 saturated carbocycles. The predicted octanol–water partition coefficient (Wildman–Crippen LogP) is 2.41. The van der Waals surface area contributed by atoms with E-state index in [0.717, 1.165) is 5.56 Å². The van der Waals surface area contributed by atoms with Gasteiger partial charge in [0.15, 0.2) is 5.13 Å². The van der Waals surface area contributed by atoms with Crippen LogP contribution in [0, 0.1) is 0 Å². The second-order valence-electron chi connectivity index (χ2n) is 6.48. The second-order valence-corrected chi connectivity index (χ2v) is 8.90. The summed E-state index contributed by atoms with van der Waals surface area (Å²) in [7, 11) is -0.576. The molecule has 0 saturated heterocycles. The van der Waals surface area contributed by atoms with E-state index in [9.17, 15) is 13.2 Å². The Morgan fingerprint density at radius 2 is 1.87 bits per heavy atom. The van der Waals surface area contributed by atoms with Crippen LogP contribution < -0.4 is 25.2 Å². The SMILES string of the molecule is COc1ccc(OC)c(Nc2nc(CC(=O)NCc3ccc(S(N)(=O)=O)cc3)cs2)c1.